The monoisotopic (exact) mass is 490 g/mol. The molecule has 3 aromatic rings. The summed E-state index contributed by atoms with van der Waals surface area (Å²) in [6.07, 6.45) is 3.36. The van der Waals surface area contributed by atoms with E-state index >= 15 is 0 Å². The molecule has 1 atom stereocenters. The van der Waals surface area contributed by atoms with Crippen LogP contribution < -0.4 is 4.74 Å². The minimum absolute atomic E-state index is 0.210. The summed E-state index contributed by atoms with van der Waals surface area (Å²) >= 11 is 1.74. The summed E-state index contributed by atoms with van der Waals surface area (Å²) in [7, 11) is 1.70. The Morgan fingerprint density at radius 2 is 1.70 bits per heavy atom. The number of benzene rings is 2. The first-order valence-electron chi connectivity index (χ1n) is 10.3. The van der Waals surface area contributed by atoms with Gasteiger partial charge in [0, 0.05) is 0 Å². The van der Waals surface area contributed by atoms with Crippen LogP contribution in [0.2, 0.25) is 13.1 Å². The summed E-state index contributed by atoms with van der Waals surface area (Å²) in [5.74, 6) is 1.46. The maximum atomic E-state index is 5.26. The molecule has 0 radical (unpaired) electrons. The van der Waals surface area contributed by atoms with E-state index in [9.17, 15) is 0 Å². The summed E-state index contributed by atoms with van der Waals surface area (Å²) in [6.45, 7) is 13.3. The Balaban J connectivity index is 0.000000207. The molecule has 0 amide bonds. The van der Waals surface area contributed by atoms with Crippen LogP contribution in [0, 0.1) is 12.0 Å². The topological polar surface area (TPSA) is 9.23 Å². The van der Waals surface area contributed by atoms with Crippen LogP contribution in [0.25, 0.3) is 21.9 Å². The van der Waals surface area contributed by atoms with Crippen LogP contribution in [0.3, 0.4) is 0 Å². The van der Waals surface area contributed by atoms with Crippen molar-refractivity contribution < 1.29 is 28.1 Å². The average Bonchev–Trinajstić information content (AvgIpc) is 3.25. The Bertz CT molecular complexity index is 1070. The standard InChI is InChI=1S/C16H13O.C9H13.C2H6Si.Zr/c1-17-14-7-4-6-13(11-14)16-10-9-12-5-2-3-8-15(12)16;1-6-5-7(2)9(4)8(6)3;1-3-2;/h2-11H,1H3;6H,1-4H3;1-2H3;/q2*-1;;+2. The van der Waals surface area contributed by atoms with Gasteiger partial charge in [-0.1, -0.05) is 50.5 Å². The number of methoxy groups -OCH3 is 1. The van der Waals surface area contributed by atoms with Gasteiger partial charge in [-0.3, -0.25) is 6.08 Å². The average molecular weight is 492 g/mol. The Labute approximate surface area is 197 Å². The SMILES string of the molecule is CC1=[C-]C(C)C(C)=C1C.COc1cccc(-c2c[cH-]c3ccccc23)c1.C[Si](C)=[Zr+2]. The van der Waals surface area contributed by atoms with Crippen LogP contribution >= 0.6 is 0 Å². The van der Waals surface area contributed by atoms with E-state index in [1.54, 1.807) is 30.4 Å². The Morgan fingerprint density at radius 3 is 2.23 bits per heavy atom. The third kappa shape index (κ3) is 6.72. The molecule has 0 aromatic heterocycles. The zero-order valence-corrected chi connectivity index (χ0v) is 22.7. The number of fused-ring (bicyclic) bond motifs is 1. The Kier molecular flexibility index (Phi) is 9.65. The molecule has 3 heteroatoms. The molecule has 1 unspecified atom stereocenters. The summed E-state index contributed by atoms with van der Waals surface area (Å²) < 4.78 is 5.26. The van der Waals surface area contributed by atoms with Gasteiger partial charge in [0.15, 0.2) is 0 Å². The molecule has 1 aliphatic rings. The maximum absolute atomic E-state index is 5.26. The summed E-state index contributed by atoms with van der Waals surface area (Å²) in [5, 5.41) is 2.58. The van der Waals surface area contributed by atoms with Crippen LogP contribution in [-0.4, -0.2) is 12.5 Å². The normalized spacial score (nSPS) is 15.1. The van der Waals surface area contributed by atoms with Crippen LogP contribution in [0.1, 0.15) is 27.7 Å². The Morgan fingerprint density at radius 1 is 1.03 bits per heavy atom. The fourth-order valence-corrected chi connectivity index (χ4v) is 3.35. The molecular formula is C27H32OSiZr. The van der Waals surface area contributed by atoms with E-state index in [2.05, 4.69) is 95.4 Å². The summed E-state index contributed by atoms with van der Waals surface area (Å²) in [6, 6.07) is 20.9. The molecule has 0 bridgehead atoms. The fraction of sp³-hybridized carbons (Fsp3) is 0.296. The quantitative estimate of drug-likeness (QED) is 0.263. The van der Waals surface area contributed by atoms with Crippen LogP contribution in [0.5, 0.6) is 5.75 Å². The number of rotatable bonds is 2. The Hall–Kier alpha value is -1.57. The number of ether oxygens (including phenoxy) is 1. The van der Waals surface area contributed by atoms with Gasteiger partial charge in [0.05, 0.1) is 7.11 Å². The molecule has 0 aliphatic heterocycles. The van der Waals surface area contributed by atoms with Crippen LogP contribution in [-0.2, 0) is 23.3 Å². The minimum atomic E-state index is 0.210. The second-order valence-electron chi connectivity index (χ2n) is 7.87. The third-order valence-electron chi connectivity index (χ3n) is 5.30. The molecule has 0 spiro atoms. The van der Waals surface area contributed by atoms with E-state index in [0.717, 1.165) is 5.75 Å². The van der Waals surface area contributed by atoms with E-state index in [4.69, 9.17) is 4.74 Å². The molecule has 1 aliphatic carbocycles. The molecular weight excluding hydrogens is 460 g/mol. The molecule has 30 heavy (non-hydrogen) atoms. The number of hydrogen-bond donors (Lipinski definition) is 0. The van der Waals surface area contributed by atoms with Crippen molar-refractivity contribution in [2.45, 2.75) is 40.8 Å². The first-order valence-corrected chi connectivity index (χ1v) is 16.5. The first-order chi connectivity index (χ1) is 14.2. The molecule has 3 aromatic carbocycles. The van der Waals surface area contributed by atoms with Gasteiger partial charge in [-0.2, -0.15) is 11.1 Å². The summed E-state index contributed by atoms with van der Waals surface area (Å²) in [5.41, 5.74) is 6.92. The molecule has 154 valence electrons. The zero-order chi connectivity index (χ0) is 22.3. The predicted molar refractivity (Wildman–Crippen MR) is 129 cm³/mol. The molecule has 0 N–H and O–H groups in total. The molecule has 1 nitrogen and oxygen atoms in total. The number of allylic oxidation sites excluding steroid dienone is 4. The molecule has 0 saturated heterocycles. The van der Waals surface area contributed by atoms with E-state index in [-0.39, 0.29) is 5.43 Å². The van der Waals surface area contributed by atoms with Crippen molar-refractivity contribution in [2.75, 3.05) is 7.11 Å². The molecule has 0 fully saturated rings. The first kappa shape index (κ1) is 24.7. The van der Waals surface area contributed by atoms with Crippen molar-refractivity contribution >= 4 is 16.2 Å². The van der Waals surface area contributed by atoms with Crippen molar-refractivity contribution in [3.05, 3.63) is 83.5 Å². The van der Waals surface area contributed by atoms with E-state index < -0.39 is 0 Å². The van der Waals surface area contributed by atoms with Crippen LogP contribution in [0.4, 0.5) is 0 Å². The molecule has 4 rings (SSSR count). The predicted octanol–water partition coefficient (Wildman–Crippen LogP) is 7.74. The van der Waals surface area contributed by atoms with Crippen molar-refractivity contribution in [1.82, 2.24) is 0 Å². The fourth-order valence-electron chi connectivity index (χ4n) is 3.35. The van der Waals surface area contributed by atoms with Gasteiger partial charge in [-0.15, -0.1) is 53.6 Å². The second kappa shape index (κ2) is 11.7. The van der Waals surface area contributed by atoms with E-state index in [0.29, 0.717) is 5.92 Å². The van der Waals surface area contributed by atoms with E-state index in [1.165, 1.54) is 38.6 Å². The second-order valence-corrected chi connectivity index (χ2v) is 17.2. The molecule has 0 saturated carbocycles. The van der Waals surface area contributed by atoms with Crippen molar-refractivity contribution in [3.63, 3.8) is 0 Å². The van der Waals surface area contributed by atoms with Gasteiger partial charge in [0.2, 0.25) is 0 Å². The zero-order valence-electron chi connectivity index (χ0n) is 19.3. The number of hydrogen-bond acceptors (Lipinski definition) is 1. The van der Waals surface area contributed by atoms with Gasteiger partial charge < -0.3 is 4.74 Å². The van der Waals surface area contributed by atoms with Crippen molar-refractivity contribution in [1.29, 1.82) is 0 Å². The van der Waals surface area contributed by atoms with Gasteiger partial charge in [-0.25, -0.2) is 5.57 Å². The summed E-state index contributed by atoms with van der Waals surface area (Å²) in [4.78, 5) is 0. The van der Waals surface area contributed by atoms with Gasteiger partial charge in [-0.05, 0) is 12.1 Å². The van der Waals surface area contributed by atoms with Gasteiger partial charge in [0.1, 0.15) is 5.75 Å². The van der Waals surface area contributed by atoms with Crippen LogP contribution in [0.15, 0.2) is 77.4 Å². The van der Waals surface area contributed by atoms with Crippen molar-refractivity contribution in [2.24, 2.45) is 5.92 Å². The van der Waals surface area contributed by atoms with Gasteiger partial charge in [0.25, 0.3) is 0 Å². The van der Waals surface area contributed by atoms with Gasteiger partial charge >= 0.3 is 41.9 Å². The third-order valence-corrected chi connectivity index (χ3v) is 5.30. The van der Waals surface area contributed by atoms with E-state index in [1.807, 2.05) is 12.1 Å². The van der Waals surface area contributed by atoms with Crippen molar-refractivity contribution in [3.8, 4) is 16.9 Å². The molecule has 0 heterocycles.